The fourth-order valence-electron chi connectivity index (χ4n) is 2.82. The highest BCUT2D eigenvalue weighted by Crippen LogP contribution is 2.26. The lowest BCUT2D eigenvalue weighted by Crippen LogP contribution is -2.11. The van der Waals surface area contributed by atoms with Crippen molar-refractivity contribution in [2.24, 2.45) is 0 Å². The fourth-order valence-corrected chi connectivity index (χ4v) is 2.82. The predicted octanol–water partition coefficient (Wildman–Crippen LogP) is 3.48. The zero-order valence-corrected chi connectivity index (χ0v) is 12.1. The SMILES string of the molecule is CCc1c(C(=O)O)n(Cc2cccc(F)c2)c2ncccc12. The molecule has 0 aliphatic heterocycles. The lowest BCUT2D eigenvalue weighted by molar-refractivity contribution is 0.0685. The molecule has 1 aromatic carbocycles. The number of hydrogen-bond acceptors (Lipinski definition) is 2. The molecule has 2 aromatic heterocycles. The van der Waals surface area contributed by atoms with Gasteiger partial charge in [-0.2, -0.15) is 0 Å². The fraction of sp³-hybridized carbons (Fsp3) is 0.176. The van der Waals surface area contributed by atoms with E-state index in [-0.39, 0.29) is 18.1 Å². The Labute approximate surface area is 126 Å². The molecular weight excluding hydrogens is 283 g/mol. The highest BCUT2D eigenvalue weighted by molar-refractivity contribution is 5.97. The molecular formula is C17H15FN2O2. The first-order valence-electron chi connectivity index (χ1n) is 7.05. The van der Waals surface area contributed by atoms with Gasteiger partial charge in [-0.3, -0.25) is 0 Å². The van der Waals surface area contributed by atoms with Gasteiger partial charge in [-0.1, -0.05) is 19.1 Å². The van der Waals surface area contributed by atoms with Crippen LogP contribution in [0.25, 0.3) is 11.0 Å². The summed E-state index contributed by atoms with van der Waals surface area (Å²) in [5.41, 5.74) is 2.29. The second-order valence-electron chi connectivity index (χ2n) is 5.08. The van der Waals surface area contributed by atoms with Crippen LogP contribution in [0.2, 0.25) is 0 Å². The van der Waals surface area contributed by atoms with Crippen molar-refractivity contribution in [3.63, 3.8) is 0 Å². The van der Waals surface area contributed by atoms with E-state index >= 15 is 0 Å². The smallest absolute Gasteiger partial charge is 0.352 e. The first kappa shape index (κ1) is 14.3. The summed E-state index contributed by atoms with van der Waals surface area (Å²) in [5, 5.41) is 10.4. The molecule has 0 atom stereocenters. The van der Waals surface area contributed by atoms with E-state index in [0.29, 0.717) is 17.6 Å². The quantitative estimate of drug-likeness (QED) is 0.802. The van der Waals surface area contributed by atoms with Crippen LogP contribution < -0.4 is 0 Å². The average Bonchev–Trinajstić information content (AvgIpc) is 2.81. The molecule has 0 saturated carbocycles. The molecule has 0 amide bonds. The van der Waals surface area contributed by atoms with Crippen molar-refractivity contribution in [2.75, 3.05) is 0 Å². The van der Waals surface area contributed by atoms with Crippen LogP contribution in [-0.4, -0.2) is 20.6 Å². The van der Waals surface area contributed by atoms with Gasteiger partial charge >= 0.3 is 5.97 Å². The van der Waals surface area contributed by atoms with E-state index in [1.165, 1.54) is 12.1 Å². The molecule has 3 rings (SSSR count). The topological polar surface area (TPSA) is 55.1 Å². The van der Waals surface area contributed by atoms with E-state index in [2.05, 4.69) is 4.98 Å². The van der Waals surface area contributed by atoms with Crippen LogP contribution in [0.4, 0.5) is 4.39 Å². The van der Waals surface area contributed by atoms with Crippen LogP contribution in [0.15, 0.2) is 42.6 Å². The zero-order chi connectivity index (χ0) is 15.7. The number of halogens is 1. The molecule has 4 nitrogen and oxygen atoms in total. The molecule has 1 N–H and O–H groups in total. The molecule has 0 aliphatic carbocycles. The highest BCUT2D eigenvalue weighted by Gasteiger charge is 2.21. The summed E-state index contributed by atoms with van der Waals surface area (Å²) in [5.74, 6) is -1.33. The van der Waals surface area contributed by atoms with Gasteiger partial charge in [0.2, 0.25) is 0 Å². The number of rotatable bonds is 4. The summed E-state index contributed by atoms with van der Waals surface area (Å²) in [6, 6.07) is 9.83. The first-order valence-corrected chi connectivity index (χ1v) is 7.05. The van der Waals surface area contributed by atoms with Crippen molar-refractivity contribution in [2.45, 2.75) is 19.9 Å². The van der Waals surface area contributed by atoms with E-state index in [4.69, 9.17) is 0 Å². The first-order chi connectivity index (χ1) is 10.6. The molecule has 5 heteroatoms. The van der Waals surface area contributed by atoms with Crippen molar-refractivity contribution in [3.8, 4) is 0 Å². The van der Waals surface area contributed by atoms with Crippen LogP contribution >= 0.6 is 0 Å². The Morgan fingerprint density at radius 2 is 2.14 bits per heavy atom. The number of carboxylic acids is 1. The molecule has 0 aliphatic rings. The Balaban J connectivity index is 2.23. The molecule has 0 radical (unpaired) electrons. The zero-order valence-electron chi connectivity index (χ0n) is 12.1. The lowest BCUT2D eigenvalue weighted by Gasteiger charge is -2.08. The normalized spacial score (nSPS) is 11.0. The number of aryl methyl sites for hydroxylation is 1. The Morgan fingerprint density at radius 3 is 2.82 bits per heavy atom. The third-order valence-electron chi connectivity index (χ3n) is 3.71. The molecule has 2 heterocycles. The number of carbonyl (C=O) groups is 1. The maximum absolute atomic E-state index is 13.4. The summed E-state index contributed by atoms with van der Waals surface area (Å²) in [7, 11) is 0. The Bertz CT molecular complexity index is 855. The van der Waals surface area contributed by atoms with Gasteiger partial charge in [0.15, 0.2) is 0 Å². The van der Waals surface area contributed by atoms with Gasteiger partial charge in [0.25, 0.3) is 0 Å². The van der Waals surface area contributed by atoms with Crippen LogP contribution in [-0.2, 0) is 13.0 Å². The molecule has 0 unspecified atom stereocenters. The van der Waals surface area contributed by atoms with Crippen molar-refractivity contribution >= 4 is 17.0 Å². The molecule has 112 valence electrons. The third-order valence-corrected chi connectivity index (χ3v) is 3.71. The minimum absolute atomic E-state index is 0.223. The van der Waals surface area contributed by atoms with E-state index in [1.54, 1.807) is 29.0 Å². The summed E-state index contributed by atoms with van der Waals surface area (Å²) in [6.07, 6.45) is 2.23. The van der Waals surface area contributed by atoms with Crippen molar-refractivity contribution in [1.29, 1.82) is 0 Å². The van der Waals surface area contributed by atoms with Crippen LogP contribution in [0.3, 0.4) is 0 Å². The molecule has 0 bridgehead atoms. The van der Waals surface area contributed by atoms with E-state index in [1.807, 2.05) is 13.0 Å². The van der Waals surface area contributed by atoms with Crippen molar-refractivity contribution in [3.05, 3.63) is 65.2 Å². The Hall–Kier alpha value is -2.69. The molecule has 22 heavy (non-hydrogen) atoms. The van der Waals surface area contributed by atoms with Gasteiger partial charge in [0.05, 0.1) is 0 Å². The standard InChI is InChI=1S/C17H15FN2O2/c1-2-13-14-7-4-8-19-16(14)20(15(13)17(21)22)10-11-5-3-6-12(18)9-11/h3-9H,2,10H2,1H3,(H,21,22). The van der Waals surface area contributed by atoms with Gasteiger partial charge in [-0.15, -0.1) is 0 Å². The van der Waals surface area contributed by atoms with E-state index < -0.39 is 5.97 Å². The number of nitrogens with zero attached hydrogens (tertiary/aromatic N) is 2. The number of aromatic nitrogens is 2. The number of fused-ring (bicyclic) bond motifs is 1. The van der Waals surface area contributed by atoms with Gasteiger partial charge in [-0.05, 0) is 41.8 Å². The average molecular weight is 298 g/mol. The van der Waals surface area contributed by atoms with Gasteiger partial charge in [0, 0.05) is 18.1 Å². The van der Waals surface area contributed by atoms with Gasteiger partial charge < -0.3 is 9.67 Å². The minimum Gasteiger partial charge on any atom is -0.477 e. The van der Waals surface area contributed by atoms with Crippen molar-refractivity contribution < 1.29 is 14.3 Å². The lowest BCUT2D eigenvalue weighted by atomic mass is 10.1. The monoisotopic (exact) mass is 298 g/mol. The maximum Gasteiger partial charge on any atom is 0.352 e. The molecule has 3 aromatic rings. The summed E-state index contributed by atoms with van der Waals surface area (Å²) in [4.78, 5) is 16.0. The van der Waals surface area contributed by atoms with E-state index in [0.717, 1.165) is 10.9 Å². The summed E-state index contributed by atoms with van der Waals surface area (Å²) < 4.78 is 15.0. The third kappa shape index (κ3) is 2.35. The molecule has 0 saturated heterocycles. The number of carboxylic acid groups (broad SMARTS) is 1. The minimum atomic E-state index is -0.994. The van der Waals surface area contributed by atoms with Gasteiger partial charge in [0.1, 0.15) is 17.2 Å². The predicted molar refractivity (Wildman–Crippen MR) is 81.6 cm³/mol. The highest BCUT2D eigenvalue weighted by atomic mass is 19.1. The molecule has 0 spiro atoms. The second-order valence-corrected chi connectivity index (χ2v) is 5.08. The Kier molecular flexibility index (Phi) is 3.63. The number of aromatic carboxylic acids is 1. The van der Waals surface area contributed by atoms with Crippen LogP contribution in [0, 0.1) is 5.82 Å². The van der Waals surface area contributed by atoms with Crippen LogP contribution in [0.5, 0.6) is 0 Å². The van der Waals surface area contributed by atoms with Gasteiger partial charge in [-0.25, -0.2) is 14.2 Å². The second kappa shape index (κ2) is 5.60. The molecule has 0 fully saturated rings. The van der Waals surface area contributed by atoms with E-state index in [9.17, 15) is 14.3 Å². The largest absolute Gasteiger partial charge is 0.477 e. The Morgan fingerprint density at radius 1 is 1.32 bits per heavy atom. The number of pyridine rings is 1. The maximum atomic E-state index is 13.4. The number of benzene rings is 1. The van der Waals surface area contributed by atoms with Crippen molar-refractivity contribution in [1.82, 2.24) is 9.55 Å². The number of hydrogen-bond donors (Lipinski definition) is 1. The van der Waals surface area contributed by atoms with Crippen LogP contribution in [0.1, 0.15) is 28.5 Å². The summed E-state index contributed by atoms with van der Waals surface area (Å²) >= 11 is 0. The summed E-state index contributed by atoms with van der Waals surface area (Å²) in [6.45, 7) is 2.19.